The molecular formula is C35H38O7. The Morgan fingerprint density at radius 1 is 0.810 bits per heavy atom. The summed E-state index contributed by atoms with van der Waals surface area (Å²) in [4.78, 5) is 48.2. The molecule has 0 aliphatic rings. The van der Waals surface area contributed by atoms with Crippen LogP contribution in [0.15, 0.2) is 97.7 Å². The number of ether oxygens (including phenoxy) is 2. The van der Waals surface area contributed by atoms with E-state index < -0.39 is 17.9 Å². The Bertz CT molecular complexity index is 1360. The second kappa shape index (κ2) is 17.8. The lowest BCUT2D eigenvalue weighted by molar-refractivity contribution is -0.139. The van der Waals surface area contributed by atoms with Gasteiger partial charge in [0.25, 0.3) is 0 Å². The minimum Gasteiger partial charge on any atom is -0.478 e. The highest BCUT2D eigenvalue weighted by Gasteiger charge is 2.13. The zero-order chi connectivity index (χ0) is 30.9. The van der Waals surface area contributed by atoms with E-state index in [1.807, 2.05) is 6.08 Å². The van der Waals surface area contributed by atoms with Crippen LogP contribution >= 0.6 is 0 Å². The van der Waals surface area contributed by atoms with Gasteiger partial charge in [-0.05, 0) is 98.1 Å². The van der Waals surface area contributed by atoms with Gasteiger partial charge in [0.1, 0.15) is 6.29 Å². The van der Waals surface area contributed by atoms with Gasteiger partial charge >= 0.3 is 17.9 Å². The molecule has 0 aliphatic heterocycles. The normalized spacial score (nSPS) is 11.4. The summed E-state index contributed by atoms with van der Waals surface area (Å²) >= 11 is 0. The maximum absolute atomic E-state index is 12.6. The molecule has 0 aliphatic carbocycles. The van der Waals surface area contributed by atoms with E-state index in [2.05, 4.69) is 19.7 Å². The third kappa shape index (κ3) is 11.0. The number of unbranched alkanes of at least 4 members (excludes halogenated alkanes) is 4. The molecule has 0 unspecified atom stereocenters. The summed E-state index contributed by atoms with van der Waals surface area (Å²) in [5.41, 5.74) is 3.13. The van der Waals surface area contributed by atoms with Gasteiger partial charge in [-0.1, -0.05) is 43.0 Å². The molecular weight excluding hydrogens is 532 g/mol. The van der Waals surface area contributed by atoms with Crippen LogP contribution in [0, 0.1) is 0 Å². The Morgan fingerprint density at radius 3 is 2.00 bits per heavy atom. The van der Waals surface area contributed by atoms with E-state index in [4.69, 9.17) is 9.47 Å². The maximum Gasteiger partial charge on any atom is 0.338 e. The molecule has 0 saturated heterocycles. The lowest BCUT2D eigenvalue weighted by atomic mass is 9.97. The second-order valence-corrected chi connectivity index (χ2v) is 9.64. The maximum atomic E-state index is 12.6. The molecule has 7 nitrogen and oxygen atoms in total. The number of carbonyl (C=O) groups is 4. The summed E-state index contributed by atoms with van der Waals surface area (Å²) in [5.74, 6) is -2.30. The molecule has 0 fully saturated rings. The Balaban J connectivity index is 2.17. The fourth-order valence-electron chi connectivity index (χ4n) is 3.92. The van der Waals surface area contributed by atoms with Crippen LogP contribution in [0.1, 0.15) is 71.7 Å². The van der Waals surface area contributed by atoms with E-state index >= 15 is 0 Å². The van der Waals surface area contributed by atoms with Crippen molar-refractivity contribution >= 4 is 29.8 Å². The quantitative estimate of drug-likeness (QED) is 0.0492. The Morgan fingerprint density at radius 2 is 1.43 bits per heavy atom. The number of esters is 2. The van der Waals surface area contributed by atoms with Gasteiger partial charge in [0.2, 0.25) is 0 Å². The van der Waals surface area contributed by atoms with Crippen LogP contribution in [0.2, 0.25) is 0 Å². The summed E-state index contributed by atoms with van der Waals surface area (Å²) in [6.07, 6.45) is 11.7. The standard InChI is InChI=1S/C35H38O7/c1-5-7-9-11-17-41-34(39)26(4)20-31(33(37)38)19-25(3)28-13-15-29(16-14-28)30-21-27(24-36)22-32(23-30)35(40)42-18-12-10-8-6-2/h5-6,13-16,19-24H,1-3,7-12,17-18H2,4H3,(H,37,38)/b26-20+,31-19+. The molecule has 0 saturated carbocycles. The Hall–Kier alpha value is -4.78. The summed E-state index contributed by atoms with van der Waals surface area (Å²) < 4.78 is 10.6. The van der Waals surface area contributed by atoms with Crippen molar-refractivity contribution < 1.29 is 33.8 Å². The van der Waals surface area contributed by atoms with Crippen molar-refractivity contribution in [3.05, 3.63) is 114 Å². The van der Waals surface area contributed by atoms with Crippen LogP contribution in [0.5, 0.6) is 0 Å². The number of hydrogen-bond donors (Lipinski definition) is 1. The monoisotopic (exact) mass is 570 g/mol. The minimum absolute atomic E-state index is 0.114. The molecule has 220 valence electrons. The molecule has 0 radical (unpaired) electrons. The summed E-state index contributed by atoms with van der Waals surface area (Å²) in [6.45, 7) is 13.3. The largest absolute Gasteiger partial charge is 0.478 e. The van der Waals surface area contributed by atoms with Crippen LogP contribution < -0.4 is 0 Å². The smallest absolute Gasteiger partial charge is 0.338 e. The number of benzene rings is 2. The summed E-state index contributed by atoms with van der Waals surface area (Å²) in [7, 11) is 0. The van der Waals surface area contributed by atoms with Gasteiger partial charge in [0, 0.05) is 11.1 Å². The first-order valence-corrected chi connectivity index (χ1v) is 13.8. The molecule has 1 N–H and O–H groups in total. The van der Waals surface area contributed by atoms with Crippen molar-refractivity contribution in [3.8, 4) is 11.1 Å². The van der Waals surface area contributed by atoms with Gasteiger partial charge in [-0.3, -0.25) is 4.79 Å². The van der Waals surface area contributed by atoms with E-state index in [9.17, 15) is 24.3 Å². The van der Waals surface area contributed by atoms with E-state index in [0.29, 0.717) is 35.0 Å². The molecule has 0 amide bonds. The summed E-state index contributed by atoms with van der Waals surface area (Å²) in [5, 5.41) is 9.69. The molecule has 42 heavy (non-hydrogen) atoms. The van der Waals surface area contributed by atoms with Crippen molar-refractivity contribution in [2.24, 2.45) is 0 Å². The Kier molecular flexibility index (Phi) is 14.2. The topological polar surface area (TPSA) is 107 Å². The molecule has 0 heterocycles. The molecule has 0 aromatic heterocycles. The predicted molar refractivity (Wildman–Crippen MR) is 165 cm³/mol. The number of aliphatic carboxylic acids is 1. The van der Waals surface area contributed by atoms with Gasteiger partial charge in [-0.25, -0.2) is 14.4 Å². The van der Waals surface area contributed by atoms with E-state index in [-0.39, 0.29) is 29.9 Å². The molecule has 2 aromatic carbocycles. The predicted octanol–water partition coefficient (Wildman–Crippen LogP) is 7.55. The SMILES string of the molecule is C=CCCCCOC(=O)/C(C)=C/C(=C\C(=C)c1ccc(-c2cc(C=O)cc(C(=O)OCCCCC=C)c2)cc1)C(=O)O. The number of carboxylic acids is 1. The molecule has 0 spiro atoms. The van der Waals surface area contributed by atoms with Crippen molar-refractivity contribution in [3.63, 3.8) is 0 Å². The number of carbonyl (C=O) groups excluding carboxylic acids is 3. The average molecular weight is 571 g/mol. The van der Waals surface area contributed by atoms with Crippen LogP contribution in [0.4, 0.5) is 0 Å². The lowest BCUT2D eigenvalue weighted by Gasteiger charge is -2.10. The fraction of sp³-hybridized carbons (Fsp3) is 0.257. The van der Waals surface area contributed by atoms with Crippen molar-refractivity contribution in [2.75, 3.05) is 13.2 Å². The highest BCUT2D eigenvalue weighted by molar-refractivity contribution is 5.98. The minimum atomic E-state index is -1.21. The van der Waals surface area contributed by atoms with Gasteiger partial charge in [-0.2, -0.15) is 0 Å². The van der Waals surface area contributed by atoms with Crippen LogP contribution in [0.3, 0.4) is 0 Å². The van der Waals surface area contributed by atoms with E-state index in [1.54, 1.807) is 42.5 Å². The number of allylic oxidation sites excluding steroid dienone is 4. The zero-order valence-corrected chi connectivity index (χ0v) is 24.1. The average Bonchev–Trinajstić information content (AvgIpc) is 2.99. The highest BCUT2D eigenvalue weighted by atomic mass is 16.5. The van der Waals surface area contributed by atoms with Crippen molar-refractivity contribution in [1.29, 1.82) is 0 Å². The molecule has 0 atom stereocenters. The second-order valence-electron chi connectivity index (χ2n) is 9.64. The van der Waals surface area contributed by atoms with Crippen molar-refractivity contribution in [2.45, 2.75) is 45.4 Å². The summed E-state index contributed by atoms with van der Waals surface area (Å²) in [6, 6.07) is 11.9. The number of aldehydes is 1. The van der Waals surface area contributed by atoms with E-state index in [0.717, 1.165) is 37.7 Å². The first-order valence-electron chi connectivity index (χ1n) is 13.8. The molecule has 7 heteroatoms. The first-order chi connectivity index (χ1) is 20.2. The number of hydrogen-bond acceptors (Lipinski definition) is 6. The lowest BCUT2D eigenvalue weighted by Crippen LogP contribution is -2.09. The van der Waals surface area contributed by atoms with Crippen molar-refractivity contribution in [1.82, 2.24) is 0 Å². The van der Waals surface area contributed by atoms with Crippen LogP contribution in [0.25, 0.3) is 16.7 Å². The van der Waals surface area contributed by atoms with Gasteiger partial charge in [0.15, 0.2) is 0 Å². The third-order valence-electron chi connectivity index (χ3n) is 6.26. The molecule has 2 aromatic rings. The highest BCUT2D eigenvalue weighted by Crippen LogP contribution is 2.26. The molecule has 0 bridgehead atoms. The number of rotatable bonds is 18. The number of carboxylic acid groups (broad SMARTS) is 1. The van der Waals surface area contributed by atoms with Crippen LogP contribution in [-0.4, -0.2) is 42.5 Å². The third-order valence-corrected chi connectivity index (χ3v) is 6.26. The van der Waals surface area contributed by atoms with Gasteiger partial charge in [-0.15, -0.1) is 13.2 Å². The Labute approximate surface area is 247 Å². The van der Waals surface area contributed by atoms with E-state index in [1.165, 1.54) is 25.1 Å². The van der Waals surface area contributed by atoms with Crippen LogP contribution in [-0.2, 0) is 19.1 Å². The van der Waals surface area contributed by atoms with Gasteiger partial charge in [0.05, 0.1) is 24.4 Å². The molecule has 2 rings (SSSR count). The van der Waals surface area contributed by atoms with Gasteiger partial charge < -0.3 is 14.6 Å². The zero-order valence-electron chi connectivity index (χ0n) is 24.1. The fourth-order valence-corrected chi connectivity index (χ4v) is 3.92. The first kappa shape index (κ1) is 33.4.